The van der Waals surface area contributed by atoms with Crippen LogP contribution in [-0.2, 0) is 4.79 Å². The summed E-state index contributed by atoms with van der Waals surface area (Å²) in [5.41, 5.74) is 4.77. The number of benzene rings is 2. The fourth-order valence-electron chi connectivity index (χ4n) is 3.97. The summed E-state index contributed by atoms with van der Waals surface area (Å²) in [6, 6.07) is 11.4. The molecule has 138 valence electrons. The molecule has 2 aliphatic rings. The lowest BCUT2D eigenvalue weighted by Crippen LogP contribution is -2.47. The molecule has 0 N–H and O–H groups in total. The third-order valence-electron chi connectivity index (χ3n) is 5.10. The van der Waals surface area contributed by atoms with Crippen molar-refractivity contribution in [2.24, 2.45) is 4.99 Å². The minimum absolute atomic E-state index is 0.0824. The molecule has 5 heteroatoms. The zero-order valence-corrected chi connectivity index (χ0v) is 16.2. The topological polar surface area (TPSA) is 51.1 Å². The van der Waals surface area contributed by atoms with Crippen molar-refractivity contribution in [1.29, 1.82) is 0 Å². The molecule has 4 rings (SSSR count). The number of anilines is 1. The smallest absolute Gasteiger partial charge is 0.278 e. The maximum atomic E-state index is 13.3. The number of para-hydroxylation sites is 1. The maximum Gasteiger partial charge on any atom is 0.278 e. The molecule has 5 nitrogen and oxygen atoms in total. The lowest BCUT2D eigenvalue weighted by molar-refractivity contribution is -0.112. The number of hydrogen-bond donors (Lipinski definition) is 0. The van der Waals surface area contributed by atoms with Crippen molar-refractivity contribution in [3.63, 3.8) is 0 Å². The fourth-order valence-corrected chi connectivity index (χ4v) is 3.97. The largest absolute Gasteiger partial charge is 0.493 e. The van der Waals surface area contributed by atoms with Gasteiger partial charge in [-0.2, -0.15) is 0 Å². The van der Waals surface area contributed by atoms with Crippen molar-refractivity contribution in [3.8, 4) is 11.5 Å². The van der Waals surface area contributed by atoms with E-state index >= 15 is 0 Å². The number of carbonyl (C=O) groups excluding carboxylic acids is 1. The monoisotopic (exact) mass is 362 g/mol. The van der Waals surface area contributed by atoms with E-state index in [0.717, 1.165) is 16.8 Å². The second kappa shape index (κ2) is 5.98. The van der Waals surface area contributed by atoms with Gasteiger partial charge in [0.05, 0.1) is 31.1 Å². The second-order valence-corrected chi connectivity index (χ2v) is 7.32. The summed E-state index contributed by atoms with van der Waals surface area (Å²) in [6.07, 6.45) is 2.14. The average molecular weight is 362 g/mol. The first-order valence-corrected chi connectivity index (χ1v) is 8.86. The van der Waals surface area contributed by atoms with Crippen molar-refractivity contribution in [1.82, 2.24) is 0 Å². The maximum absolute atomic E-state index is 13.3. The Balaban J connectivity index is 1.89. The molecule has 0 fully saturated rings. The number of nitrogens with zero attached hydrogens (tertiary/aromatic N) is 2. The quantitative estimate of drug-likeness (QED) is 0.815. The first-order valence-electron chi connectivity index (χ1n) is 8.86. The first kappa shape index (κ1) is 17.3. The van der Waals surface area contributed by atoms with Gasteiger partial charge in [-0.1, -0.05) is 24.3 Å². The van der Waals surface area contributed by atoms with Crippen molar-refractivity contribution >= 4 is 28.6 Å². The Bertz CT molecular complexity index is 1020. The SMILES string of the molecule is COc1ccc(N=C2C(=O)N3c4c(cccc42)C(C)=CC3(C)C)cc1OC. The normalized spacial score (nSPS) is 18.4. The van der Waals surface area contributed by atoms with Crippen molar-refractivity contribution < 1.29 is 14.3 Å². The Labute approximate surface area is 158 Å². The Morgan fingerprint density at radius 1 is 1.00 bits per heavy atom. The summed E-state index contributed by atoms with van der Waals surface area (Å²) < 4.78 is 10.6. The third kappa shape index (κ3) is 2.53. The van der Waals surface area contributed by atoms with Crippen molar-refractivity contribution in [3.05, 3.63) is 53.6 Å². The number of methoxy groups -OCH3 is 2. The number of amides is 1. The number of ether oxygens (including phenoxy) is 2. The molecule has 2 aromatic rings. The summed E-state index contributed by atoms with van der Waals surface area (Å²) in [5, 5.41) is 0. The van der Waals surface area contributed by atoms with Gasteiger partial charge in [-0.25, -0.2) is 4.99 Å². The number of aliphatic imine (C=N–C) groups is 1. The van der Waals surface area contributed by atoms with Crippen molar-refractivity contribution in [2.45, 2.75) is 26.3 Å². The van der Waals surface area contributed by atoms with Crippen LogP contribution in [0.25, 0.3) is 5.57 Å². The first-order chi connectivity index (χ1) is 12.9. The molecule has 0 unspecified atom stereocenters. The number of rotatable bonds is 3. The van der Waals surface area contributed by atoms with Gasteiger partial charge in [-0.3, -0.25) is 9.69 Å². The lowest BCUT2D eigenvalue weighted by Gasteiger charge is -2.38. The summed E-state index contributed by atoms with van der Waals surface area (Å²) >= 11 is 0. The van der Waals surface area contributed by atoms with Gasteiger partial charge in [0.25, 0.3) is 5.91 Å². The van der Waals surface area contributed by atoms with Crippen LogP contribution in [0.3, 0.4) is 0 Å². The molecule has 0 atom stereocenters. The molecule has 0 saturated heterocycles. The van der Waals surface area contributed by atoms with Gasteiger partial charge < -0.3 is 9.47 Å². The molecule has 0 radical (unpaired) electrons. The van der Waals surface area contributed by atoms with Gasteiger partial charge in [0.2, 0.25) is 0 Å². The Hall–Kier alpha value is -3.08. The molecule has 27 heavy (non-hydrogen) atoms. The predicted octanol–water partition coefficient (Wildman–Crippen LogP) is 4.37. The highest BCUT2D eigenvalue weighted by atomic mass is 16.5. The molecule has 1 amide bonds. The molecular formula is C22H22N2O3. The molecule has 0 spiro atoms. The summed E-state index contributed by atoms with van der Waals surface area (Å²) in [4.78, 5) is 19.8. The van der Waals surface area contributed by atoms with E-state index in [0.29, 0.717) is 22.9 Å². The van der Waals surface area contributed by atoms with Crippen LogP contribution in [0.1, 0.15) is 31.9 Å². The van der Waals surface area contributed by atoms with Crippen LogP contribution in [0.2, 0.25) is 0 Å². The molecular weight excluding hydrogens is 340 g/mol. The van der Waals surface area contributed by atoms with Gasteiger partial charge in [0.15, 0.2) is 11.5 Å². The molecule has 0 saturated carbocycles. The summed E-state index contributed by atoms with van der Waals surface area (Å²) in [6.45, 7) is 6.18. The third-order valence-corrected chi connectivity index (χ3v) is 5.10. The highest BCUT2D eigenvalue weighted by Crippen LogP contribution is 2.45. The van der Waals surface area contributed by atoms with Crippen LogP contribution in [-0.4, -0.2) is 31.4 Å². The second-order valence-electron chi connectivity index (χ2n) is 7.32. The van der Waals surface area contributed by atoms with E-state index in [2.05, 4.69) is 24.1 Å². The van der Waals surface area contributed by atoms with E-state index in [1.54, 1.807) is 26.4 Å². The average Bonchev–Trinajstić information content (AvgIpc) is 2.93. The van der Waals surface area contributed by atoms with E-state index < -0.39 is 5.54 Å². The van der Waals surface area contributed by atoms with Gasteiger partial charge >= 0.3 is 0 Å². The lowest BCUT2D eigenvalue weighted by atomic mass is 9.89. The highest BCUT2D eigenvalue weighted by Gasteiger charge is 2.45. The van der Waals surface area contributed by atoms with Crippen LogP contribution < -0.4 is 14.4 Å². The fraction of sp³-hybridized carbons (Fsp3) is 0.273. The number of hydrogen-bond acceptors (Lipinski definition) is 4. The minimum Gasteiger partial charge on any atom is -0.493 e. The van der Waals surface area contributed by atoms with Crippen LogP contribution in [0.5, 0.6) is 11.5 Å². The molecule has 0 aromatic heterocycles. The van der Waals surface area contributed by atoms with E-state index in [4.69, 9.17) is 9.47 Å². The Morgan fingerprint density at radius 3 is 2.41 bits per heavy atom. The number of allylic oxidation sites excluding steroid dienone is 1. The van der Waals surface area contributed by atoms with E-state index in [1.807, 2.05) is 36.9 Å². The molecule has 0 aliphatic carbocycles. The van der Waals surface area contributed by atoms with Gasteiger partial charge in [0.1, 0.15) is 5.71 Å². The predicted molar refractivity (Wildman–Crippen MR) is 107 cm³/mol. The van der Waals surface area contributed by atoms with E-state index in [9.17, 15) is 4.79 Å². The minimum atomic E-state index is -0.404. The van der Waals surface area contributed by atoms with Crippen LogP contribution in [0, 0.1) is 0 Å². The van der Waals surface area contributed by atoms with Gasteiger partial charge in [0, 0.05) is 17.2 Å². The van der Waals surface area contributed by atoms with E-state index in [1.165, 1.54) is 5.57 Å². The van der Waals surface area contributed by atoms with Crippen molar-refractivity contribution in [2.75, 3.05) is 19.1 Å². The summed E-state index contributed by atoms with van der Waals surface area (Å²) in [5.74, 6) is 1.13. The number of carbonyl (C=O) groups is 1. The van der Waals surface area contributed by atoms with Gasteiger partial charge in [-0.15, -0.1) is 0 Å². The Morgan fingerprint density at radius 2 is 1.70 bits per heavy atom. The van der Waals surface area contributed by atoms with E-state index in [-0.39, 0.29) is 5.91 Å². The molecule has 0 bridgehead atoms. The molecule has 2 aliphatic heterocycles. The van der Waals surface area contributed by atoms with Crippen LogP contribution in [0.4, 0.5) is 11.4 Å². The zero-order chi connectivity index (χ0) is 19.3. The summed E-state index contributed by atoms with van der Waals surface area (Å²) in [7, 11) is 3.17. The van der Waals surface area contributed by atoms with Crippen LogP contribution >= 0.6 is 0 Å². The standard InChI is InChI=1S/C22H22N2O3/c1-13-12-22(2,3)24-20-15(13)7-6-8-16(20)19(21(24)25)23-14-9-10-17(26-4)18(11-14)27-5/h6-12H,1-5H3. The highest BCUT2D eigenvalue weighted by molar-refractivity contribution is 6.55. The molecule has 2 heterocycles. The van der Waals surface area contributed by atoms with Gasteiger partial charge in [-0.05, 0) is 38.5 Å². The van der Waals surface area contributed by atoms with Crippen LogP contribution in [0.15, 0.2) is 47.5 Å². The molecule has 2 aromatic carbocycles. The zero-order valence-electron chi connectivity index (χ0n) is 16.2. The Kier molecular flexibility index (Phi) is 3.84.